The Kier molecular flexibility index (Phi) is 8.10. The lowest BCUT2D eigenvalue weighted by atomic mass is 9.75. The summed E-state index contributed by atoms with van der Waals surface area (Å²) >= 11 is 0. The number of anilines is 1. The summed E-state index contributed by atoms with van der Waals surface area (Å²) in [7, 11) is 0. The second-order valence-electron chi connectivity index (χ2n) is 10.2. The number of amides is 1. The van der Waals surface area contributed by atoms with E-state index in [0.717, 1.165) is 18.5 Å². The number of fused-ring (bicyclic) bond motifs is 1. The molecule has 1 aromatic heterocycles. The summed E-state index contributed by atoms with van der Waals surface area (Å²) in [5.41, 5.74) is 1.28. The summed E-state index contributed by atoms with van der Waals surface area (Å²) < 4.78 is 52.7. The van der Waals surface area contributed by atoms with E-state index in [1.54, 1.807) is 13.8 Å². The van der Waals surface area contributed by atoms with E-state index in [1.165, 1.54) is 18.2 Å². The predicted molar refractivity (Wildman–Crippen MR) is 130 cm³/mol. The van der Waals surface area contributed by atoms with Crippen LogP contribution in [-0.4, -0.2) is 63.9 Å². The third-order valence-corrected chi connectivity index (χ3v) is 6.13. The van der Waals surface area contributed by atoms with E-state index in [9.17, 15) is 37.5 Å². The van der Waals surface area contributed by atoms with Crippen molar-refractivity contribution < 1.29 is 46.9 Å². The molecule has 0 saturated heterocycles. The number of aromatic nitrogens is 2. The van der Waals surface area contributed by atoms with E-state index < -0.39 is 71.8 Å². The second-order valence-corrected chi connectivity index (χ2v) is 10.2. The van der Waals surface area contributed by atoms with Gasteiger partial charge in [-0.3, -0.25) is 19.2 Å². The highest BCUT2D eigenvalue weighted by Gasteiger charge is 2.45. The van der Waals surface area contributed by atoms with Crippen molar-refractivity contribution in [2.75, 3.05) is 25.1 Å². The number of hydrogen-bond donors (Lipinski definition) is 3. The number of rotatable bonds is 9. The Hall–Kier alpha value is -3.94. The number of benzene rings is 1. The average molecular weight is 555 g/mol. The lowest BCUT2D eigenvalue weighted by Crippen LogP contribution is -2.51. The standard InChI is InChI=1S/C25H29F3N4O7/c1-13(34)38-11-24(10-33,12-39-14(2)35)30-17-7-15(5-6-16(17)22(29)37)32-18-8-23(3,4)9-19(36)20(18)21(31-32)25(26,27)28/h5-7,30,33H,8-12H2,1-4H3,(H2,29,37). The minimum atomic E-state index is -4.90. The summed E-state index contributed by atoms with van der Waals surface area (Å²) in [4.78, 5) is 47.9. The molecule has 0 aliphatic heterocycles. The van der Waals surface area contributed by atoms with Crippen LogP contribution in [0.3, 0.4) is 0 Å². The summed E-state index contributed by atoms with van der Waals surface area (Å²) in [6.07, 6.45) is -4.88. The molecule has 39 heavy (non-hydrogen) atoms. The normalized spacial score (nSPS) is 14.9. The van der Waals surface area contributed by atoms with E-state index in [0.29, 0.717) is 0 Å². The van der Waals surface area contributed by atoms with Gasteiger partial charge in [-0.05, 0) is 30.0 Å². The molecule has 0 unspecified atom stereocenters. The number of carbonyl (C=O) groups is 4. The Morgan fingerprint density at radius 1 is 1.13 bits per heavy atom. The zero-order valence-electron chi connectivity index (χ0n) is 21.8. The van der Waals surface area contributed by atoms with Gasteiger partial charge in [0.1, 0.15) is 18.8 Å². The molecule has 2 aromatic rings. The first-order valence-corrected chi connectivity index (χ1v) is 11.8. The van der Waals surface area contributed by atoms with Crippen molar-refractivity contribution in [3.05, 3.63) is 40.7 Å². The topological polar surface area (TPSA) is 163 Å². The van der Waals surface area contributed by atoms with Crippen LogP contribution in [0.5, 0.6) is 0 Å². The predicted octanol–water partition coefficient (Wildman–Crippen LogP) is 2.41. The van der Waals surface area contributed by atoms with Crippen molar-refractivity contribution in [2.24, 2.45) is 11.1 Å². The number of nitrogens with two attached hydrogens (primary N) is 1. The molecule has 14 heteroatoms. The van der Waals surface area contributed by atoms with Gasteiger partial charge in [-0.15, -0.1) is 0 Å². The molecule has 4 N–H and O–H groups in total. The number of esters is 2. The number of halogens is 3. The molecule has 1 aliphatic carbocycles. The van der Waals surface area contributed by atoms with E-state index >= 15 is 0 Å². The van der Waals surface area contributed by atoms with E-state index in [-0.39, 0.29) is 35.5 Å². The summed E-state index contributed by atoms with van der Waals surface area (Å²) in [6, 6.07) is 3.80. The number of aliphatic hydroxyl groups is 1. The van der Waals surface area contributed by atoms with Gasteiger partial charge in [0.15, 0.2) is 11.5 Å². The number of aliphatic hydroxyl groups excluding tert-OH is 1. The Morgan fingerprint density at radius 3 is 2.21 bits per heavy atom. The fourth-order valence-electron chi connectivity index (χ4n) is 4.35. The van der Waals surface area contributed by atoms with Gasteiger partial charge in [0.05, 0.1) is 29.1 Å². The molecule has 11 nitrogen and oxygen atoms in total. The minimum Gasteiger partial charge on any atom is -0.463 e. The van der Waals surface area contributed by atoms with Gasteiger partial charge < -0.3 is 25.6 Å². The third kappa shape index (κ3) is 6.56. The van der Waals surface area contributed by atoms with Crippen LogP contribution in [0.4, 0.5) is 18.9 Å². The van der Waals surface area contributed by atoms with Gasteiger partial charge in [-0.25, -0.2) is 4.68 Å². The molecular formula is C25H29F3N4O7. The van der Waals surface area contributed by atoms with Crippen molar-refractivity contribution in [3.8, 4) is 5.69 Å². The van der Waals surface area contributed by atoms with Crippen molar-refractivity contribution in [1.29, 1.82) is 0 Å². The first-order chi connectivity index (χ1) is 18.0. The maximum Gasteiger partial charge on any atom is 0.435 e. The smallest absolute Gasteiger partial charge is 0.435 e. The molecule has 1 aromatic carbocycles. The van der Waals surface area contributed by atoms with Gasteiger partial charge in [0.2, 0.25) is 0 Å². The van der Waals surface area contributed by atoms with Crippen molar-refractivity contribution in [2.45, 2.75) is 52.3 Å². The highest BCUT2D eigenvalue weighted by Crippen LogP contribution is 2.42. The lowest BCUT2D eigenvalue weighted by Gasteiger charge is -2.33. The number of alkyl halides is 3. The fraction of sp³-hybridized carbons (Fsp3) is 0.480. The molecule has 0 fully saturated rings. The fourth-order valence-corrected chi connectivity index (χ4v) is 4.35. The number of Topliss-reactive ketones (excluding diaryl/α,β-unsaturated/α-hetero) is 1. The first kappa shape index (κ1) is 29.6. The quantitative estimate of drug-likeness (QED) is 0.395. The number of primary amides is 1. The molecule has 0 atom stereocenters. The summed E-state index contributed by atoms with van der Waals surface area (Å²) in [5, 5.41) is 16.7. The maximum absolute atomic E-state index is 13.9. The van der Waals surface area contributed by atoms with Crippen LogP contribution in [0.25, 0.3) is 5.69 Å². The number of ketones is 1. The molecule has 1 aliphatic rings. The van der Waals surface area contributed by atoms with Gasteiger partial charge in [-0.2, -0.15) is 18.3 Å². The zero-order chi connectivity index (χ0) is 29.3. The Labute approximate surface area is 221 Å². The number of carbonyl (C=O) groups excluding carboxylic acids is 4. The molecule has 1 heterocycles. The van der Waals surface area contributed by atoms with Gasteiger partial charge in [0, 0.05) is 26.0 Å². The van der Waals surface area contributed by atoms with E-state index in [1.807, 2.05) is 0 Å². The number of hydrogen-bond acceptors (Lipinski definition) is 9. The molecule has 0 bridgehead atoms. The zero-order valence-corrected chi connectivity index (χ0v) is 21.8. The Balaban J connectivity index is 2.19. The Morgan fingerprint density at radius 2 is 1.72 bits per heavy atom. The third-order valence-electron chi connectivity index (χ3n) is 6.13. The summed E-state index contributed by atoms with van der Waals surface area (Å²) in [5.74, 6) is -3.03. The molecule has 0 radical (unpaired) electrons. The Bertz CT molecular complexity index is 1300. The molecule has 0 saturated carbocycles. The molecule has 212 valence electrons. The number of nitrogens with zero attached hydrogens (tertiary/aromatic N) is 2. The second kappa shape index (κ2) is 10.7. The van der Waals surface area contributed by atoms with Crippen LogP contribution in [0.2, 0.25) is 0 Å². The molecule has 3 rings (SSSR count). The van der Waals surface area contributed by atoms with Crippen LogP contribution in [0.15, 0.2) is 18.2 Å². The highest BCUT2D eigenvalue weighted by atomic mass is 19.4. The largest absolute Gasteiger partial charge is 0.463 e. The first-order valence-electron chi connectivity index (χ1n) is 11.8. The van der Waals surface area contributed by atoms with Crippen LogP contribution in [-0.2, 0) is 31.7 Å². The molecule has 0 spiro atoms. The van der Waals surface area contributed by atoms with Crippen LogP contribution < -0.4 is 11.1 Å². The maximum atomic E-state index is 13.9. The SMILES string of the molecule is CC(=O)OCC(CO)(COC(C)=O)Nc1cc(-n2nc(C(F)(F)F)c3c2CC(C)(C)CC3=O)ccc1C(N)=O. The van der Waals surface area contributed by atoms with Gasteiger partial charge in [-0.1, -0.05) is 13.8 Å². The lowest BCUT2D eigenvalue weighted by molar-refractivity contribution is -0.147. The van der Waals surface area contributed by atoms with Gasteiger partial charge >= 0.3 is 18.1 Å². The van der Waals surface area contributed by atoms with Gasteiger partial charge in [0.25, 0.3) is 5.91 Å². The molecular weight excluding hydrogens is 525 g/mol. The minimum absolute atomic E-state index is 0.0477. The van der Waals surface area contributed by atoms with Crippen LogP contribution in [0, 0.1) is 5.41 Å². The monoisotopic (exact) mass is 554 g/mol. The van der Waals surface area contributed by atoms with Crippen molar-refractivity contribution in [3.63, 3.8) is 0 Å². The van der Waals surface area contributed by atoms with Crippen LogP contribution in [0.1, 0.15) is 66.2 Å². The van der Waals surface area contributed by atoms with E-state index in [4.69, 9.17) is 15.2 Å². The summed E-state index contributed by atoms with van der Waals surface area (Å²) in [6.45, 7) is 3.96. The number of nitrogens with one attached hydrogen (secondary N) is 1. The molecule has 1 amide bonds. The van der Waals surface area contributed by atoms with Crippen LogP contribution >= 0.6 is 0 Å². The van der Waals surface area contributed by atoms with E-state index in [2.05, 4.69) is 10.4 Å². The number of ether oxygens (including phenoxy) is 2. The average Bonchev–Trinajstić information content (AvgIpc) is 3.19. The van der Waals surface area contributed by atoms with Crippen molar-refractivity contribution in [1.82, 2.24) is 9.78 Å². The van der Waals surface area contributed by atoms with Crippen molar-refractivity contribution >= 4 is 29.3 Å². The highest BCUT2D eigenvalue weighted by molar-refractivity contribution is 6.00.